The van der Waals surface area contributed by atoms with Crippen LogP contribution in [0.5, 0.6) is 5.75 Å². The first-order valence-electron chi connectivity index (χ1n) is 5.98. The van der Waals surface area contributed by atoms with Gasteiger partial charge in [0.2, 0.25) is 0 Å². The molecule has 0 bridgehead atoms. The van der Waals surface area contributed by atoms with E-state index in [2.05, 4.69) is 10.2 Å². The Morgan fingerprint density at radius 2 is 2.17 bits per heavy atom. The molecular weight excluding hydrogens is 228 g/mol. The number of aromatic nitrogens is 2. The Kier molecular flexibility index (Phi) is 2.63. The summed E-state index contributed by atoms with van der Waals surface area (Å²) in [5.74, 6) is 1.17. The SMILES string of the molecule is COc1ccccc1[C@H]1CC(=O)c2cn[nH]c2C1. The van der Waals surface area contributed by atoms with Crippen molar-refractivity contribution in [1.29, 1.82) is 0 Å². The third-order valence-electron chi connectivity index (χ3n) is 3.48. The Morgan fingerprint density at radius 1 is 1.33 bits per heavy atom. The van der Waals surface area contributed by atoms with E-state index in [9.17, 15) is 4.79 Å². The van der Waals surface area contributed by atoms with Gasteiger partial charge in [0.05, 0.1) is 18.9 Å². The predicted octanol–water partition coefficient (Wildman–Crippen LogP) is 2.33. The minimum absolute atomic E-state index is 0.154. The van der Waals surface area contributed by atoms with Gasteiger partial charge < -0.3 is 4.74 Å². The summed E-state index contributed by atoms with van der Waals surface area (Å²) in [6.45, 7) is 0. The van der Waals surface area contributed by atoms with Crippen LogP contribution in [0.3, 0.4) is 0 Å². The number of hydrogen-bond donors (Lipinski definition) is 1. The number of ketones is 1. The first kappa shape index (κ1) is 11.0. The van der Waals surface area contributed by atoms with Crippen molar-refractivity contribution in [3.8, 4) is 5.75 Å². The van der Waals surface area contributed by atoms with E-state index in [-0.39, 0.29) is 11.7 Å². The van der Waals surface area contributed by atoms with Crippen molar-refractivity contribution in [3.05, 3.63) is 47.3 Å². The number of methoxy groups -OCH3 is 1. The fraction of sp³-hybridized carbons (Fsp3) is 0.286. The van der Waals surface area contributed by atoms with Gasteiger partial charge in [-0.1, -0.05) is 18.2 Å². The molecule has 0 radical (unpaired) electrons. The van der Waals surface area contributed by atoms with E-state index in [1.54, 1.807) is 13.3 Å². The maximum Gasteiger partial charge on any atom is 0.166 e. The third kappa shape index (κ3) is 1.70. The van der Waals surface area contributed by atoms with Crippen LogP contribution >= 0.6 is 0 Å². The summed E-state index contributed by atoms with van der Waals surface area (Å²) < 4.78 is 5.37. The van der Waals surface area contributed by atoms with Gasteiger partial charge in [0, 0.05) is 18.0 Å². The smallest absolute Gasteiger partial charge is 0.166 e. The van der Waals surface area contributed by atoms with Crippen LogP contribution < -0.4 is 4.74 Å². The van der Waals surface area contributed by atoms with Crippen molar-refractivity contribution in [1.82, 2.24) is 10.2 Å². The summed E-state index contributed by atoms with van der Waals surface area (Å²) in [5, 5.41) is 6.86. The molecule has 1 aliphatic rings. The highest BCUT2D eigenvalue weighted by Gasteiger charge is 2.29. The van der Waals surface area contributed by atoms with Crippen LogP contribution in [-0.2, 0) is 6.42 Å². The zero-order chi connectivity index (χ0) is 12.5. The molecule has 18 heavy (non-hydrogen) atoms. The normalized spacial score (nSPS) is 18.5. The molecule has 1 heterocycles. The van der Waals surface area contributed by atoms with Gasteiger partial charge in [-0.3, -0.25) is 9.89 Å². The van der Waals surface area contributed by atoms with Crippen molar-refractivity contribution < 1.29 is 9.53 Å². The number of rotatable bonds is 2. The zero-order valence-electron chi connectivity index (χ0n) is 10.1. The van der Waals surface area contributed by atoms with Gasteiger partial charge in [-0.25, -0.2) is 0 Å². The molecule has 92 valence electrons. The number of H-pyrrole nitrogens is 1. The van der Waals surface area contributed by atoms with Crippen LogP contribution in [0, 0.1) is 0 Å². The molecule has 2 aromatic rings. The van der Waals surface area contributed by atoms with Crippen LogP contribution in [0.15, 0.2) is 30.5 Å². The summed E-state index contributed by atoms with van der Waals surface area (Å²) in [6.07, 6.45) is 2.95. The number of aromatic amines is 1. The van der Waals surface area contributed by atoms with Crippen molar-refractivity contribution in [3.63, 3.8) is 0 Å². The van der Waals surface area contributed by atoms with Gasteiger partial charge >= 0.3 is 0 Å². The standard InChI is InChI=1S/C14H14N2O2/c1-18-14-5-3-2-4-10(14)9-6-12-11(8-15-16-12)13(17)7-9/h2-5,8-9H,6-7H2,1H3,(H,15,16)/t9-/m1/s1. The molecule has 0 unspecified atom stereocenters. The van der Waals surface area contributed by atoms with E-state index in [0.29, 0.717) is 6.42 Å². The second-order valence-corrected chi connectivity index (χ2v) is 4.53. The summed E-state index contributed by atoms with van der Waals surface area (Å²) in [7, 11) is 1.66. The summed E-state index contributed by atoms with van der Waals surface area (Å²) >= 11 is 0. The Bertz CT molecular complexity index is 589. The molecule has 0 amide bonds. The van der Waals surface area contributed by atoms with E-state index in [1.165, 1.54) is 0 Å². The highest BCUT2D eigenvalue weighted by Crippen LogP contribution is 2.35. The van der Waals surface area contributed by atoms with Crippen molar-refractivity contribution in [2.75, 3.05) is 7.11 Å². The van der Waals surface area contributed by atoms with Crippen LogP contribution in [-0.4, -0.2) is 23.1 Å². The largest absolute Gasteiger partial charge is 0.496 e. The third-order valence-corrected chi connectivity index (χ3v) is 3.48. The van der Waals surface area contributed by atoms with E-state index in [0.717, 1.165) is 29.0 Å². The van der Waals surface area contributed by atoms with Crippen molar-refractivity contribution >= 4 is 5.78 Å². The average molecular weight is 242 g/mol. The Hall–Kier alpha value is -2.10. The molecule has 1 aromatic carbocycles. The number of nitrogens with one attached hydrogen (secondary N) is 1. The van der Waals surface area contributed by atoms with E-state index < -0.39 is 0 Å². The molecule has 4 nitrogen and oxygen atoms in total. The van der Waals surface area contributed by atoms with Gasteiger partial charge in [-0.15, -0.1) is 0 Å². The fourth-order valence-corrected chi connectivity index (χ4v) is 2.58. The Morgan fingerprint density at radius 3 is 3.00 bits per heavy atom. The Labute approximate surface area is 105 Å². The molecule has 0 aliphatic heterocycles. The van der Waals surface area contributed by atoms with E-state index >= 15 is 0 Å². The lowest BCUT2D eigenvalue weighted by molar-refractivity contribution is 0.0964. The quantitative estimate of drug-likeness (QED) is 0.879. The van der Waals surface area contributed by atoms with Gasteiger partial charge in [-0.05, 0) is 18.1 Å². The molecular formula is C14H14N2O2. The predicted molar refractivity (Wildman–Crippen MR) is 67.0 cm³/mol. The number of fused-ring (bicyclic) bond motifs is 1. The lowest BCUT2D eigenvalue weighted by Gasteiger charge is -2.22. The minimum Gasteiger partial charge on any atom is -0.496 e. The number of nitrogens with zero attached hydrogens (tertiary/aromatic N) is 1. The number of Topliss-reactive ketones (excluding diaryl/α,β-unsaturated/α-hetero) is 1. The monoisotopic (exact) mass is 242 g/mol. The average Bonchev–Trinajstić information content (AvgIpc) is 2.87. The number of ether oxygens (including phenoxy) is 1. The van der Waals surface area contributed by atoms with Crippen molar-refractivity contribution in [2.45, 2.75) is 18.8 Å². The number of benzene rings is 1. The van der Waals surface area contributed by atoms with Crippen LogP contribution in [0.1, 0.15) is 34.0 Å². The molecule has 0 spiro atoms. The first-order chi connectivity index (χ1) is 8.79. The van der Waals surface area contributed by atoms with E-state index in [1.807, 2.05) is 24.3 Å². The lowest BCUT2D eigenvalue weighted by Crippen LogP contribution is -2.18. The van der Waals surface area contributed by atoms with Gasteiger partial charge in [0.1, 0.15) is 5.75 Å². The highest BCUT2D eigenvalue weighted by molar-refractivity contribution is 5.98. The van der Waals surface area contributed by atoms with Crippen LogP contribution in [0.4, 0.5) is 0 Å². The van der Waals surface area contributed by atoms with E-state index in [4.69, 9.17) is 4.74 Å². The topological polar surface area (TPSA) is 55.0 Å². The molecule has 1 atom stereocenters. The molecule has 1 aromatic heterocycles. The number of carbonyl (C=O) groups is 1. The zero-order valence-corrected chi connectivity index (χ0v) is 10.1. The number of para-hydroxylation sites is 1. The Balaban J connectivity index is 1.98. The number of carbonyl (C=O) groups excluding carboxylic acids is 1. The summed E-state index contributed by atoms with van der Waals surface area (Å²) in [4.78, 5) is 12.0. The molecule has 1 N–H and O–H groups in total. The highest BCUT2D eigenvalue weighted by atomic mass is 16.5. The van der Waals surface area contributed by atoms with Gasteiger partial charge in [-0.2, -0.15) is 5.10 Å². The van der Waals surface area contributed by atoms with Crippen molar-refractivity contribution in [2.24, 2.45) is 0 Å². The summed E-state index contributed by atoms with van der Waals surface area (Å²) in [6, 6.07) is 7.87. The maximum absolute atomic E-state index is 12.0. The first-order valence-corrected chi connectivity index (χ1v) is 5.98. The van der Waals surface area contributed by atoms with Crippen LogP contribution in [0.2, 0.25) is 0 Å². The second kappa shape index (κ2) is 4.29. The van der Waals surface area contributed by atoms with Crippen LogP contribution in [0.25, 0.3) is 0 Å². The fourth-order valence-electron chi connectivity index (χ4n) is 2.58. The minimum atomic E-state index is 0.154. The second-order valence-electron chi connectivity index (χ2n) is 4.53. The molecule has 0 saturated heterocycles. The van der Waals surface area contributed by atoms with Gasteiger partial charge in [0.25, 0.3) is 0 Å². The molecule has 0 saturated carbocycles. The molecule has 4 heteroatoms. The molecule has 3 rings (SSSR count). The molecule has 1 aliphatic carbocycles. The van der Waals surface area contributed by atoms with Gasteiger partial charge in [0.15, 0.2) is 5.78 Å². The lowest BCUT2D eigenvalue weighted by atomic mass is 9.82. The molecule has 0 fully saturated rings. The maximum atomic E-state index is 12.0. The number of hydrogen-bond acceptors (Lipinski definition) is 3. The summed E-state index contributed by atoms with van der Waals surface area (Å²) in [5.41, 5.74) is 2.76.